The number of carboxylic acid groups (broad SMARTS) is 1. The first kappa shape index (κ1) is 13.5. The summed E-state index contributed by atoms with van der Waals surface area (Å²) in [5, 5.41) is 20.9. The molecule has 0 bridgehead atoms. The van der Waals surface area contributed by atoms with E-state index in [0.717, 1.165) is 0 Å². The highest BCUT2D eigenvalue weighted by Crippen LogP contribution is 2.24. The summed E-state index contributed by atoms with van der Waals surface area (Å²) in [5.74, 6) is -0.168. The minimum absolute atomic E-state index is 0.0124. The Kier molecular flexibility index (Phi) is 3.95. The molecule has 2 aromatic rings. The lowest BCUT2D eigenvalue weighted by molar-refractivity contribution is -0.384. The van der Waals surface area contributed by atoms with Crippen LogP contribution in [0.3, 0.4) is 0 Å². The van der Waals surface area contributed by atoms with Crippen LogP contribution in [0.15, 0.2) is 48.5 Å². The van der Waals surface area contributed by atoms with Gasteiger partial charge in [0.05, 0.1) is 4.92 Å². The second-order valence-electron chi connectivity index (χ2n) is 4.05. The number of nitro groups is 1. The number of nitrogens with zero attached hydrogens (tertiary/aromatic N) is 1. The van der Waals surface area contributed by atoms with Crippen LogP contribution in [0.25, 0.3) is 0 Å². The molecule has 0 fully saturated rings. The standard InChI is InChI=1S/C14H11NO5/c16-14(17)9-10-1-5-12(6-2-10)20-13-7-3-11(4-8-13)15(18)19/h1-8H,9H2,(H,16,17)/p-1. The molecular weight excluding hydrogens is 262 g/mol. The van der Waals surface area contributed by atoms with Crippen molar-refractivity contribution in [3.63, 3.8) is 0 Å². The van der Waals surface area contributed by atoms with Crippen molar-refractivity contribution in [1.29, 1.82) is 0 Å². The molecule has 6 heteroatoms. The summed E-state index contributed by atoms with van der Waals surface area (Å²) in [6.07, 6.45) is -0.155. The first-order chi connectivity index (χ1) is 9.54. The van der Waals surface area contributed by atoms with Gasteiger partial charge < -0.3 is 14.6 Å². The van der Waals surface area contributed by atoms with Gasteiger partial charge in [0.1, 0.15) is 11.5 Å². The van der Waals surface area contributed by atoms with Gasteiger partial charge in [-0.2, -0.15) is 0 Å². The number of carbonyl (C=O) groups is 1. The molecule has 0 atom stereocenters. The zero-order valence-electron chi connectivity index (χ0n) is 10.3. The van der Waals surface area contributed by atoms with Crippen molar-refractivity contribution < 1.29 is 19.6 Å². The molecule has 0 radical (unpaired) electrons. The van der Waals surface area contributed by atoms with Crippen molar-refractivity contribution in [1.82, 2.24) is 0 Å². The van der Waals surface area contributed by atoms with E-state index in [1.165, 1.54) is 24.3 Å². The highest BCUT2D eigenvalue weighted by Gasteiger charge is 2.05. The Balaban J connectivity index is 2.06. The second-order valence-corrected chi connectivity index (χ2v) is 4.05. The summed E-state index contributed by atoms with van der Waals surface area (Å²) in [7, 11) is 0. The monoisotopic (exact) mass is 272 g/mol. The molecule has 0 N–H and O–H groups in total. The van der Waals surface area contributed by atoms with E-state index in [2.05, 4.69) is 0 Å². The van der Waals surface area contributed by atoms with Gasteiger partial charge in [0.2, 0.25) is 0 Å². The van der Waals surface area contributed by atoms with Crippen molar-refractivity contribution in [2.75, 3.05) is 0 Å². The van der Waals surface area contributed by atoms with Crippen LogP contribution >= 0.6 is 0 Å². The maximum absolute atomic E-state index is 10.5. The Labute approximate surface area is 114 Å². The molecule has 0 unspecified atom stereocenters. The third-order valence-electron chi connectivity index (χ3n) is 2.56. The van der Waals surface area contributed by atoms with Crippen molar-refractivity contribution in [2.24, 2.45) is 0 Å². The summed E-state index contributed by atoms with van der Waals surface area (Å²) >= 11 is 0. The van der Waals surface area contributed by atoms with Gasteiger partial charge in [-0.1, -0.05) is 12.1 Å². The average Bonchev–Trinajstić information content (AvgIpc) is 2.41. The van der Waals surface area contributed by atoms with Crippen LogP contribution in [-0.4, -0.2) is 10.9 Å². The van der Waals surface area contributed by atoms with Crippen molar-refractivity contribution in [3.8, 4) is 11.5 Å². The van der Waals surface area contributed by atoms with Gasteiger partial charge >= 0.3 is 0 Å². The molecule has 2 aromatic carbocycles. The quantitative estimate of drug-likeness (QED) is 0.609. The summed E-state index contributed by atoms with van der Waals surface area (Å²) in [4.78, 5) is 20.5. The molecule has 102 valence electrons. The molecule has 0 amide bonds. The number of rotatable bonds is 5. The van der Waals surface area contributed by atoms with Gasteiger partial charge in [0, 0.05) is 24.5 Å². The van der Waals surface area contributed by atoms with E-state index >= 15 is 0 Å². The van der Waals surface area contributed by atoms with E-state index in [-0.39, 0.29) is 12.1 Å². The lowest BCUT2D eigenvalue weighted by atomic mass is 10.1. The molecule has 0 heterocycles. The predicted molar refractivity (Wildman–Crippen MR) is 68.3 cm³/mol. The van der Waals surface area contributed by atoms with Crippen LogP contribution in [0.1, 0.15) is 5.56 Å². The first-order valence-electron chi connectivity index (χ1n) is 5.76. The molecule has 0 aliphatic heterocycles. The molecule has 0 aliphatic rings. The van der Waals surface area contributed by atoms with E-state index in [1.54, 1.807) is 24.3 Å². The summed E-state index contributed by atoms with van der Waals surface area (Å²) in [6.45, 7) is 0. The van der Waals surface area contributed by atoms with Gasteiger partial charge in [0.25, 0.3) is 5.69 Å². The zero-order valence-corrected chi connectivity index (χ0v) is 10.3. The van der Waals surface area contributed by atoms with Crippen LogP contribution in [0.2, 0.25) is 0 Å². The Morgan fingerprint density at radius 1 is 1.00 bits per heavy atom. The normalized spacial score (nSPS) is 10.0. The van der Waals surface area contributed by atoms with Crippen LogP contribution in [0.4, 0.5) is 5.69 Å². The molecule has 0 saturated carbocycles. The van der Waals surface area contributed by atoms with E-state index < -0.39 is 10.9 Å². The van der Waals surface area contributed by atoms with E-state index in [1.807, 2.05) is 0 Å². The van der Waals surface area contributed by atoms with Gasteiger partial charge in [-0.15, -0.1) is 0 Å². The molecule has 0 aliphatic carbocycles. The Hall–Kier alpha value is -2.89. The second kappa shape index (κ2) is 5.83. The fraction of sp³-hybridized carbons (Fsp3) is 0.0714. The van der Waals surface area contributed by atoms with Crippen LogP contribution in [-0.2, 0) is 11.2 Å². The SMILES string of the molecule is O=C([O-])Cc1ccc(Oc2ccc([N+](=O)[O-])cc2)cc1. The summed E-state index contributed by atoms with van der Waals surface area (Å²) in [6, 6.07) is 12.2. The largest absolute Gasteiger partial charge is 0.550 e. The molecule has 2 rings (SSSR count). The molecule has 0 aromatic heterocycles. The maximum atomic E-state index is 10.5. The van der Waals surface area contributed by atoms with Gasteiger partial charge in [-0.3, -0.25) is 10.1 Å². The fourth-order valence-electron chi connectivity index (χ4n) is 1.61. The smallest absolute Gasteiger partial charge is 0.269 e. The molecular formula is C14H10NO5-. The van der Waals surface area contributed by atoms with Crippen LogP contribution < -0.4 is 9.84 Å². The van der Waals surface area contributed by atoms with E-state index in [9.17, 15) is 20.0 Å². The highest BCUT2D eigenvalue weighted by molar-refractivity contribution is 5.67. The maximum Gasteiger partial charge on any atom is 0.269 e. The van der Waals surface area contributed by atoms with Crippen molar-refractivity contribution in [2.45, 2.75) is 6.42 Å². The third-order valence-corrected chi connectivity index (χ3v) is 2.56. The predicted octanol–water partition coefficient (Wildman–Crippen LogP) is 1.68. The number of non-ortho nitro benzene ring substituents is 1. The third kappa shape index (κ3) is 3.55. The zero-order chi connectivity index (χ0) is 14.5. The number of carbonyl (C=O) groups excluding carboxylic acids is 1. The summed E-state index contributed by atoms with van der Waals surface area (Å²) < 4.78 is 5.49. The van der Waals surface area contributed by atoms with E-state index in [4.69, 9.17) is 4.74 Å². The highest BCUT2D eigenvalue weighted by atomic mass is 16.6. The number of ether oxygens (including phenoxy) is 1. The minimum Gasteiger partial charge on any atom is -0.550 e. The molecule has 0 saturated heterocycles. The lowest BCUT2D eigenvalue weighted by Gasteiger charge is -2.07. The van der Waals surface area contributed by atoms with Crippen molar-refractivity contribution >= 4 is 11.7 Å². The van der Waals surface area contributed by atoms with Gasteiger partial charge in [-0.25, -0.2) is 0 Å². The Morgan fingerprint density at radius 2 is 1.50 bits per heavy atom. The number of aliphatic carboxylic acids is 1. The number of carboxylic acids is 1. The molecule has 0 spiro atoms. The first-order valence-corrected chi connectivity index (χ1v) is 5.76. The number of hydrogen-bond donors (Lipinski definition) is 0. The van der Waals surface area contributed by atoms with Crippen LogP contribution in [0, 0.1) is 10.1 Å². The average molecular weight is 272 g/mol. The Bertz CT molecular complexity index is 619. The van der Waals surface area contributed by atoms with Crippen molar-refractivity contribution in [3.05, 3.63) is 64.2 Å². The van der Waals surface area contributed by atoms with Crippen LogP contribution in [0.5, 0.6) is 11.5 Å². The summed E-state index contributed by atoms with van der Waals surface area (Å²) in [5.41, 5.74) is 0.600. The van der Waals surface area contributed by atoms with Gasteiger partial charge in [0.15, 0.2) is 0 Å². The molecule has 20 heavy (non-hydrogen) atoms. The Morgan fingerprint density at radius 3 is 1.95 bits per heavy atom. The lowest BCUT2D eigenvalue weighted by Crippen LogP contribution is -2.24. The number of benzene rings is 2. The topological polar surface area (TPSA) is 92.5 Å². The number of hydrogen-bond acceptors (Lipinski definition) is 5. The molecule has 6 nitrogen and oxygen atoms in total. The fourth-order valence-corrected chi connectivity index (χ4v) is 1.61. The minimum atomic E-state index is -1.14. The van der Waals surface area contributed by atoms with Gasteiger partial charge in [-0.05, 0) is 29.8 Å². The van der Waals surface area contributed by atoms with E-state index in [0.29, 0.717) is 17.1 Å². The number of nitro benzene ring substituents is 1.